The predicted octanol–water partition coefficient (Wildman–Crippen LogP) is 4.93. The van der Waals surface area contributed by atoms with Gasteiger partial charge in [-0.05, 0) is 68.5 Å². The highest BCUT2D eigenvalue weighted by Gasteiger charge is 2.43. The van der Waals surface area contributed by atoms with Crippen LogP contribution in [0.1, 0.15) is 28.7 Å². The molecule has 0 saturated heterocycles. The molecule has 2 unspecified atom stereocenters. The molecule has 0 radical (unpaired) electrons. The Morgan fingerprint density at radius 1 is 0.724 bits per heavy atom. The monoisotopic (exact) mass is 388 g/mol. The lowest BCUT2D eigenvalue weighted by Gasteiger charge is -2.16. The second-order valence-corrected chi connectivity index (χ2v) is 7.84. The molecule has 2 atom stereocenters. The van der Waals surface area contributed by atoms with E-state index in [1.807, 2.05) is 64.1 Å². The third kappa shape index (κ3) is 3.39. The van der Waals surface area contributed by atoms with Gasteiger partial charge in [-0.3, -0.25) is 0 Å². The Kier molecular flexibility index (Phi) is 4.87. The summed E-state index contributed by atoms with van der Waals surface area (Å²) >= 11 is 0. The Balaban J connectivity index is 1.64. The summed E-state index contributed by atoms with van der Waals surface area (Å²) in [6, 6.07) is 11.2. The number of ether oxygens (including phenoxy) is 2. The number of benzene rings is 2. The van der Waals surface area contributed by atoms with Gasteiger partial charge < -0.3 is 9.47 Å². The molecule has 0 heterocycles. The van der Waals surface area contributed by atoms with Crippen molar-refractivity contribution in [2.24, 2.45) is 11.8 Å². The van der Waals surface area contributed by atoms with Gasteiger partial charge in [-0.1, -0.05) is 36.4 Å². The molecule has 29 heavy (non-hydrogen) atoms. The molecule has 0 aromatic heterocycles. The predicted molar refractivity (Wildman–Crippen MR) is 111 cm³/mol. The summed E-state index contributed by atoms with van der Waals surface area (Å²) < 4.78 is 11.4. The van der Waals surface area contributed by atoms with Crippen molar-refractivity contribution in [3.63, 3.8) is 0 Å². The van der Waals surface area contributed by atoms with Crippen LogP contribution in [0, 0.1) is 39.5 Å². The maximum absolute atomic E-state index is 13.0. The van der Waals surface area contributed by atoms with E-state index in [4.69, 9.17) is 9.47 Å². The highest BCUT2D eigenvalue weighted by Crippen LogP contribution is 2.45. The fourth-order valence-corrected chi connectivity index (χ4v) is 4.03. The summed E-state index contributed by atoms with van der Waals surface area (Å²) in [5.74, 6) is -0.0857. The fourth-order valence-electron chi connectivity index (χ4n) is 4.03. The van der Waals surface area contributed by atoms with Crippen LogP contribution in [0.25, 0.3) is 0 Å². The van der Waals surface area contributed by atoms with E-state index in [1.165, 1.54) is 0 Å². The van der Waals surface area contributed by atoms with Crippen molar-refractivity contribution in [2.45, 2.75) is 34.1 Å². The van der Waals surface area contributed by atoms with Crippen molar-refractivity contribution < 1.29 is 19.1 Å². The van der Waals surface area contributed by atoms with Gasteiger partial charge in [-0.2, -0.15) is 0 Å². The van der Waals surface area contributed by atoms with Crippen molar-refractivity contribution >= 4 is 11.9 Å². The van der Waals surface area contributed by atoms with Gasteiger partial charge >= 0.3 is 11.9 Å². The lowest BCUT2D eigenvalue weighted by molar-refractivity contribution is -0.133. The molecule has 2 aliphatic carbocycles. The second-order valence-electron chi connectivity index (χ2n) is 7.84. The molecule has 2 aliphatic rings. The number of fused-ring (bicyclic) bond motifs is 2. The van der Waals surface area contributed by atoms with Crippen LogP contribution in [0.3, 0.4) is 0 Å². The third-order valence-corrected chi connectivity index (χ3v) is 6.07. The number of hydrogen-bond donors (Lipinski definition) is 0. The summed E-state index contributed by atoms with van der Waals surface area (Å²) in [5.41, 5.74) is 4.78. The van der Waals surface area contributed by atoms with E-state index < -0.39 is 11.9 Å². The van der Waals surface area contributed by atoms with Crippen molar-refractivity contribution in [3.05, 3.63) is 82.0 Å². The minimum absolute atomic E-state index is 0.0984. The van der Waals surface area contributed by atoms with Crippen LogP contribution < -0.4 is 9.47 Å². The van der Waals surface area contributed by atoms with Crippen LogP contribution in [-0.4, -0.2) is 11.9 Å². The standard InChI is InChI=1S/C25H24O4/c1-14-7-5-9-20(16(14)3)28-24(26)22-18-11-12-19(13-18)23(22)25(27)29-21-10-6-8-15(2)17(21)4/h5-12,18-19H,13H2,1-4H3. The molecule has 4 nitrogen and oxygen atoms in total. The van der Waals surface area contributed by atoms with Gasteiger partial charge in [0, 0.05) is 11.8 Å². The largest absolute Gasteiger partial charge is 0.423 e. The third-order valence-electron chi connectivity index (χ3n) is 6.07. The Hall–Kier alpha value is -3.14. The van der Waals surface area contributed by atoms with E-state index in [-0.39, 0.29) is 11.8 Å². The van der Waals surface area contributed by atoms with E-state index in [0.717, 1.165) is 22.3 Å². The number of aryl methyl sites for hydroxylation is 2. The molecule has 0 aliphatic heterocycles. The van der Waals surface area contributed by atoms with E-state index >= 15 is 0 Å². The smallest absolute Gasteiger partial charge is 0.340 e. The van der Waals surface area contributed by atoms with Crippen molar-refractivity contribution in [2.75, 3.05) is 0 Å². The number of carbonyl (C=O) groups is 2. The Labute approximate surface area is 170 Å². The van der Waals surface area contributed by atoms with Crippen LogP contribution in [0.5, 0.6) is 11.5 Å². The van der Waals surface area contributed by atoms with Gasteiger partial charge in [-0.25, -0.2) is 9.59 Å². The summed E-state index contributed by atoms with van der Waals surface area (Å²) in [7, 11) is 0. The van der Waals surface area contributed by atoms with Gasteiger partial charge in [0.15, 0.2) is 0 Å². The molecule has 0 spiro atoms. The minimum Gasteiger partial charge on any atom is -0.423 e. The Bertz CT molecular complexity index is 991. The molecule has 4 rings (SSSR count). The average molecular weight is 388 g/mol. The van der Waals surface area contributed by atoms with Crippen molar-refractivity contribution in [3.8, 4) is 11.5 Å². The Morgan fingerprint density at radius 3 is 1.55 bits per heavy atom. The summed E-state index contributed by atoms with van der Waals surface area (Å²) in [5, 5.41) is 0. The number of esters is 2. The summed E-state index contributed by atoms with van der Waals surface area (Å²) in [6.45, 7) is 7.78. The number of allylic oxidation sites excluding steroid dienone is 2. The van der Waals surface area contributed by atoms with Crippen LogP contribution in [0.2, 0.25) is 0 Å². The molecular formula is C25H24O4. The molecule has 0 fully saturated rings. The minimum atomic E-state index is -0.469. The zero-order chi connectivity index (χ0) is 20.7. The number of carbonyl (C=O) groups excluding carboxylic acids is 2. The summed E-state index contributed by atoms with van der Waals surface area (Å²) in [4.78, 5) is 26.1. The van der Waals surface area contributed by atoms with E-state index in [9.17, 15) is 9.59 Å². The topological polar surface area (TPSA) is 52.6 Å². The zero-order valence-corrected chi connectivity index (χ0v) is 17.1. The lowest BCUT2D eigenvalue weighted by atomic mass is 9.97. The van der Waals surface area contributed by atoms with Gasteiger partial charge in [0.05, 0.1) is 11.1 Å². The summed E-state index contributed by atoms with van der Waals surface area (Å²) in [6.07, 6.45) is 4.69. The molecule has 2 aromatic rings. The van der Waals surface area contributed by atoms with E-state index in [1.54, 1.807) is 12.1 Å². The molecular weight excluding hydrogens is 364 g/mol. The van der Waals surface area contributed by atoms with Gasteiger partial charge in [0.25, 0.3) is 0 Å². The van der Waals surface area contributed by atoms with Crippen molar-refractivity contribution in [1.29, 1.82) is 0 Å². The molecule has 148 valence electrons. The highest BCUT2D eigenvalue weighted by atomic mass is 16.5. The first kappa shape index (κ1) is 19.2. The quantitative estimate of drug-likeness (QED) is 0.423. The van der Waals surface area contributed by atoms with E-state index in [0.29, 0.717) is 29.1 Å². The van der Waals surface area contributed by atoms with Crippen LogP contribution in [0.4, 0.5) is 0 Å². The van der Waals surface area contributed by atoms with Crippen molar-refractivity contribution in [1.82, 2.24) is 0 Å². The van der Waals surface area contributed by atoms with Crippen LogP contribution in [-0.2, 0) is 9.59 Å². The first-order valence-corrected chi connectivity index (χ1v) is 9.86. The van der Waals surface area contributed by atoms with Gasteiger partial charge in [-0.15, -0.1) is 0 Å². The molecule has 2 aromatic carbocycles. The maximum Gasteiger partial charge on any atom is 0.340 e. The number of hydrogen-bond acceptors (Lipinski definition) is 4. The average Bonchev–Trinajstić information content (AvgIpc) is 3.30. The fraction of sp³-hybridized carbons (Fsp3) is 0.280. The first-order chi connectivity index (χ1) is 13.9. The SMILES string of the molecule is Cc1cccc(OC(=O)C2=C(C(=O)Oc3cccc(C)c3C)C3C=CC2C3)c1C. The van der Waals surface area contributed by atoms with Gasteiger partial charge in [0.1, 0.15) is 11.5 Å². The molecule has 0 saturated carbocycles. The molecule has 0 amide bonds. The lowest BCUT2D eigenvalue weighted by Crippen LogP contribution is -2.23. The normalized spacial score (nSPS) is 19.6. The molecule has 2 bridgehead atoms. The van der Waals surface area contributed by atoms with Crippen LogP contribution in [0.15, 0.2) is 59.7 Å². The van der Waals surface area contributed by atoms with E-state index in [2.05, 4.69) is 0 Å². The van der Waals surface area contributed by atoms with Gasteiger partial charge in [0.2, 0.25) is 0 Å². The maximum atomic E-state index is 13.0. The highest BCUT2D eigenvalue weighted by molar-refractivity contribution is 6.04. The molecule has 0 N–H and O–H groups in total. The first-order valence-electron chi connectivity index (χ1n) is 9.86. The zero-order valence-electron chi connectivity index (χ0n) is 17.1. The van der Waals surface area contributed by atoms with Crippen LogP contribution >= 0.6 is 0 Å². The second kappa shape index (κ2) is 7.36. The molecule has 4 heteroatoms. The number of rotatable bonds is 4. The Morgan fingerprint density at radius 2 is 1.14 bits per heavy atom.